The van der Waals surface area contributed by atoms with Gasteiger partial charge in [-0.05, 0) is 30.7 Å². The molecule has 2 rings (SSSR count). The topological polar surface area (TPSA) is 165 Å². The largest absolute Gasteiger partial charge is 0.480 e. The van der Waals surface area contributed by atoms with Crippen molar-refractivity contribution in [3.05, 3.63) is 69.8 Å². The first-order chi connectivity index (χ1) is 15.6. The highest BCUT2D eigenvalue weighted by Crippen LogP contribution is 2.27. The van der Waals surface area contributed by atoms with E-state index in [0.29, 0.717) is 11.3 Å². The lowest BCUT2D eigenvalue weighted by molar-refractivity contribution is -0.384. The van der Waals surface area contributed by atoms with Crippen molar-refractivity contribution in [3.8, 4) is 0 Å². The number of carbonyl (C=O) groups is 4. The summed E-state index contributed by atoms with van der Waals surface area (Å²) in [4.78, 5) is 58.6. The highest BCUT2D eigenvalue weighted by atomic mass is 16.6. The fraction of sp³-hybridized carbons (Fsp3) is 0.273. The number of esters is 1. The van der Waals surface area contributed by atoms with Gasteiger partial charge < -0.3 is 20.5 Å². The van der Waals surface area contributed by atoms with Crippen LogP contribution in [-0.2, 0) is 19.1 Å². The SMILES string of the molecule is CCOC(=O)C[C@@H](c1ccc([N+](=O)[O-])cc1)[C@@H](NC(=O)c1cccc(NC(C)=O)c1)C(=O)O. The van der Waals surface area contributed by atoms with Crippen LogP contribution in [0.25, 0.3) is 0 Å². The normalized spacial score (nSPS) is 12.2. The zero-order chi connectivity index (χ0) is 24.5. The van der Waals surface area contributed by atoms with Crippen molar-refractivity contribution < 1.29 is 33.9 Å². The van der Waals surface area contributed by atoms with Crippen LogP contribution in [0.2, 0.25) is 0 Å². The molecule has 0 aliphatic carbocycles. The number of ether oxygens (including phenoxy) is 1. The van der Waals surface area contributed by atoms with Gasteiger partial charge in [-0.15, -0.1) is 0 Å². The number of carboxylic acids is 1. The van der Waals surface area contributed by atoms with Gasteiger partial charge in [-0.3, -0.25) is 24.5 Å². The van der Waals surface area contributed by atoms with E-state index in [1.807, 2.05) is 0 Å². The molecule has 2 amide bonds. The molecule has 0 aromatic heterocycles. The maximum absolute atomic E-state index is 12.8. The van der Waals surface area contributed by atoms with E-state index in [1.54, 1.807) is 13.0 Å². The zero-order valence-corrected chi connectivity index (χ0v) is 17.9. The number of anilines is 1. The monoisotopic (exact) mass is 457 g/mol. The molecule has 11 nitrogen and oxygen atoms in total. The van der Waals surface area contributed by atoms with Crippen LogP contribution in [-0.4, -0.2) is 46.4 Å². The molecule has 2 aromatic carbocycles. The Morgan fingerprint density at radius 2 is 1.79 bits per heavy atom. The predicted molar refractivity (Wildman–Crippen MR) is 117 cm³/mol. The standard InChI is InChI=1S/C22H23N3O8/c1-3-33-19(27)12-18(14-7-9-17(10-8-14)25(31)32)20(22(29)30)24-21(28)15-5-4-6-16(11-15)23-13(2)26/h4-11,18,20H,3,12H2,1-2H3,(H,23,26)(H,24,28)(H,29,30)/t18-,20+/m0/s1. The second-order valence-corrected chi connectivity index (χ2v) is 7.02. The van der Waals surface area contributed by atoms with Crippen molar-refractivity contribution in [1.82, 2.24) is 5.32 Å². The number of benzene rings is 2. The van der Waals surface area contributed by atoms with E-state index in [9.17, 15) is 34.4 Å². The van der Waals surface area contributed by atoms with Crippen LogP contribution < -0.4 is 10.6 Å². The predicted octanol–water partition coefficient (Wildman–Crippen LogP) is 2.47. The minimum absolute atomic E-state index is 0.0753. The first-order valence-corrected chi connectivity index (χ1v) is 9.93. The first-order valence-electron chi connectivity index (χ1n) is 9.93. The quantitative estimate of drug-likeness (QED) is 0.278. The van der Waals surface area contributed by atoms with Gasteiger partial charge in [-0.25, -0.2) is 4.79 Å². The van der Waals surface area contributed by atoms with Gasteiger partial charge in [0, 0.05) is 36.2 Å². The minimum atomic E-state index is -1.55. The third kappa shape index (κ3) is 7.13. The average Bonchev–Trinajstić information content (AvgIpc) is 2.75. The Labute approximate surface area is 188 Å². The number of hydrogen-bond donors (Lipinski definition) is 3. The van der Waals surface area contributed by atoms with Crippen molar-refractivity contribution in [2.75, 3.05) is 11.9 Å². The summed E-state index contributed by atoms with van der Waals surface area (Å²) in [5, 5.41) is 25.7. The van der Waals surface area contributed by atoms with Crippen molar-refractivity contribution in [3.63, 3.8) is 0 Å². The van der Waals surface area contributed by atoms with E-state index >= 15 is 0 Å². The van der Waals surface area contributed by atoms with Gasteiger partial charge in [-0.1, -0.05) is 18.2 Å². The summed E-state index contributed by atoms with van der Waals surface area (Å²) in [7, 11) is 0. The molecule has 0 saturated heterocycles. The Bertz CT molecular complexity index is 1050. The molecule has 0 radical (unpaired) electrons. The van der Waals surface area contributed by atoms with E-state index in [2.05, 4.69) is 10.6 Å². The molecule has 174 valence electrons. The second kappa shape index (κ2) is 11.4. The van der Waals surface area contributed by atoms with Crippen LogP contribution in [0.5, 0.6) is 0 Å². The third-order valence-electron chi connectivity index (χ3n) is 4.62. The number of nitrogens with zero attached hydrogens (tertiary/aromatic N) is 1. The van der Waals surface area contributed by atoms with Gasteiger partial charge in [0.15, 0.2) is 0 Å². The molecule has 2 atom stereocenters. The van der Waals surface area contributed by atoms with E-state index in [1.165, 1.54) is 49.4 Å². The zero-order valence-electron chi connectivity index (χ0n) is 17.9. The lowest BCUT2D eigenvalue weighted by atomic mass is 9.88. The lowest BCUT2D eigenvalue weighted by Gasteiger charge is -2.25. The van der Waals surface area contributed by atoms with Gasteiger partial charge in [0.2, 0.25) is 5.91 Å². The highest BCUT2D eigenvalue weighted by molar-refractivity contribution is 5.98. The fourth-order valence-corrected chi connectivity index (χ4v) is 3.17. The molecule has 3 N–H and O–H groups in total. The third-order valence-corrected chi connectivity index (χ3v) is 4.62. The number of hydrogen-bond acceptors (Lipinski definition) is 7. The van der Waals surface area contributed by atoms with Crippen LogP contribution in [0.15, 0.2) is 48.5 Å². The van der Waals surface area contributed by atoms with E-state index < -0.39 is 34.7 Å². The molecule has 0 aliphatic heterocycles. The molecule has 0 unspecified atom stereocenters. The number of carboxylic acid groups (broad SMARTS) is 1. The van der Waals surface area contributed by atoms with Crippen molar-refractivity contribution in [1.29, 1.82) is 0 Å². The Balaban J connectivity index is 2.37. The minimum Gasteiger partial charge on any atom is -0.480 e. The molecule has 11 heteroatoms. The average molecular weight is 457 g/mol. The molecule has 2 aromatic rings. The number of nitro groups is 1. The van der Waals surface area contributed by atoms with Gasteiger partial charge in [0.05, 0.1) is 18.0 Å². The molecule has 0 spiro atoms. The molecule has 0 saturated carbocycles. The number of nitrogens with one attached hydrogen (secondary N) is 2. The number of non-ortho nitro benzene ring substituents is 1. The van der Waals surface area contributed by atoms with Crippen molar-refractivity contribution >= 4 is 35.1 Å². The van der Waals surface area contributed by atoms with Gasteiger partial charge in [0.25, 0.3) is 11.6 Å². The van der Waals surface area contributed by atoms with E-state index in [0.717, 1.165) is 0 Å². The summed E-state index contributed by atoms with van der Waals surface area (Å²) in [5.74, 6) is -4.25. The van der Waals surface area contributed by atoms with Gasteiger partial charge in [0.1, 0.15) is 6.04 Å². The van der Waals surface area contributed by atoms with Gasteiger partial charge >= 0.3 is 11.9 Å². The summed E-state index contributed by atoms with van der Waals surface area (Å²) in [6, 6.07) is 9.38. The maximum Gasteiger partial charge on any atom is 0.326 e. The molecule has 0 fully saturated rings. The lowest BCUT2D eigenvalue weighted by Crippen LogP contribution is -2.45. The number of nitro benzene ring substituents is 1. The Hall–Kier alpha value is -4.28. The smallest absolute Gasteiger partial charge is 0.326 e. The summed E-state index contributed by atoms with van der Waals surface area (Å²) < 4.78 is 4.94. The van der Waals surface area contributed by atoms with Crippen LogP contribution in [0.3, 0.4) is 0 Å². The summed E-state index contributed by atoms with van der Waals surface area (Å²) >= 11 is 0. The summed E-state index contributed by atoms with van der Waals surface area (Å²) in [6.07, 6.45) is -0.380. The van der Waals surface area contributed by atoms with Crippen molar-refractivity contribution in [2.24, 2.45) is 0 Å². The number of rotatable bonds is 10. The van der Waals surface area contributed by atoms with Gasteiger partial charge in [-0.2, -0.15) is 0 Å². The molecule has 33 heavy (non-hydrogen) atoms. The fourth-order valence-electron chi connectivity index (χ4n) is 3.17. The number of aliphatic carboxylic acids is 1. The second-order valence-electron chi connectivity index (χ2n) is 7.02. The van der Waals surface area contributed by atoms with Crippen LogP contribution >= 0.6 is 0 Å². The molecule has 0 heterocycles. The molecule has 0 bridgehead atoms. The van der Waals surface area contributed by atoms with E-state index in [4.69, 9.17) is 4.74 Å². The number of carbonyl (C=O) groups excluding carboxylic acids is 3. The van der Waals surface area contributed by atoms with Crippen LogP contribution in [0.1, 0.15) is 42.1 Å². The Kier molecular flexibility index (Phi) is 8.61. The van der Waals surface area contributed by atoms with Crippen molar-refractivity contribution in [2.45, 2.75) is 32.2 Å². The summed E-state index contributed by atoms with van der Waals surface area (Å²) in [5.41, 5.74) is 0.527. The highest BCUT2D eigenvalue weighted by Gasteiger charge is 2.33. The van der Waals surface area contributed by atoms with E-state index in [-0.39, 0.29) is 30.2 Å². The van der Waals surface area contributed by atoms with Crippen LogP contribution in [0.4, 0.5) is 11.4 Å². The molecular weight excluding hydrogens is 434 g/mol. The molecular formula is C22H23N3O8. The number of amides is 2. The molecule has 0 aliphatic rings. The summed E-state index contributed by atoms with van der Waals surface area (Å²) in [6.45, 7) is 2.97. The Morgan fingerprint density at radius 3 is 2.33 bits per heavy atom. The first kappa shape index (κ1) is 25.0. The van der Waals surface area contributed by atoms with Crippen LogP contribution in [0, 0.1) is 10.1 Å². The Morgan fingerprint density at radius 1 is 1.12 bits per heavy atom. The maximum atomic E-state index is 12.8.